The van der Waals surface area contributed by atoms with Gasteiger partial charge in [-0.15, -0.1) is 0 Å². The van der Waals surface area contributed by atoms with Crippen molar-refractivity contribution in [2.24, 2.45) is 5.92 Å². The number of amides is 2. The molecule has 17 heavy (non-hydrogen) atoms. The Morgan fingerprint density at radius 1 is 1.53 bits per heavy atom. The summed E-state index contributed by atoms with van der Waals surface area (Å²) in [4.78, 5) is 22.5. The van der Waals surface area contributed by atoms with Gasteiger partial charge in [0.15, 0.2) is 0 Å². The lowest BCUT2D eigenvalue weighted by Gasteiger charge is -2.14. The Hall–Kier alpha value is -0.910. The van der Waals surface area contributed by atoms with Crippen molar-refractivity contribution in [3.8, 4) is 0 Å². The maximum atomic E-state index is 11.5. The van der Waals surface area contributed by atoms with E-state index in [1.807, 2.05) is 6.26 Å². The predicted molar refractivity (Wildman–Crippen MR) is 68.3 cm³/mol. The Morgan fingerprint density at radius 3 is 2.71 bits per heavy atom. The zero-order chi connectivity index (χ0) is 12.8. The second-order valence-corrected chi connectivity index (χ2v) is 5.29. The molecule has 0 aromatic carbocycles. The highest BCUT2D eigenvalue weighted by molar-refractivity contribution is 7.98. The SMILES string of the molecule is CCC1CC1NC(=O)NC(CCSC)C(=O)O. The zero-order valence-corrected chi connectivity index (χ0v) is 11.0. The molecular formula is C11H20N2O3S. The van der Waals surface area contributed by atoms with Gasteiger partial charge in [-0.1, -0.05) is 13.3 Å². The van der Waals surface area contributed by atoms with Gasteiger partial charge in [0.1, 0.15) is 6.04 Å². The van der Waals surface area contributed by atoms with E-state index in [0.29, 0.717) is 12.3 Å². The molecule has 2 amide bonds. The maximum absolute atomic E-state index is 11.5. The molecule has 3 N–H and O–H groups in total. The number of urea groups is 1. The van der Waals surface area contributed by atoms with Crippen LogP contribution in [0.1, 0.15) is 26.2 Å². The van der Waals surface area contributed by atoms with Crippen molar-refractivity contribution in [3.05, 3.63) is 0 Å². The first kappa shape index (κ1) is 14.2. The first-order chi connectivity index (χ1) is 8.08. The molecule has 1 rings (SSSR count). The minimum atomic E-state index is -0.975. The van der Waals surface area contributed by atoms with Crippen LogP contribution in [0.5, 0.6) is 0 Å². The molecule has 3 atom stereocenters. The second kappa shape index (κ2) is 6.74. The van der Waals surface area contributed by atoms with E-state index < -0.39 is 12.0 Å². The molecule has 0 aromatic rings. The van der Waals surface area contributed by atoms with Crippen LogP contribution in [-0.4, -0.2) is 41.2 Å². The molecule has 0 spiro atoms. The molecule has 1 aliphatic carbocycles. The van der Waals surface area contributed by atoms with Crippen LogP contribution < -0.4 is 10.6 Å². The minimum Gasteiger partial charge on any atom is -0.480 e. The monoisotopic (exact) mass is 260 g/mol. The summed E-state index contributed by atoms with van der Waals surface area (Å²) in [5.41, 5.74) is 0. The molecule has 0 aromatic heterocycles. The number of aliphatic carboxylic acids is 1. The molecule has 1 fully saturated rings. The Kier molecular flexibility index (Phi) is 5.61. The van der Waals surface area contributed by atoms with E-state index in [2.05, 4.69) is 17.6 Å². The number of carboxylic acids is 1. The lowest BCUT2D eigenvalue weighted by atomic mass is 10.2. The third-order valence-corrected chi connectivity index (χ3v) is 3.62. The van der Waals surface area contributed by atoms with Crippen molar-refractivity contribution in [1.82, 2.24) is 10.6 Å². The summed E-state index contributed by atoms with van der Waals surface area (Å²) in [6, 6.07) is -0.921. The van der Waals surface area contributed by atoms with Gasteiger partial charge in [-0.3, -0.25) is 0 Å². The number of carboxylic acid groups (broad SMARTS) is 1. The first-order valence-corrected chi connectivity index (χ1v) is 7.26. The zero-order valence-electron chi connectivity index (χ0n) is 10.2. The third kappa shape index (κ3) is 4.85. The average molecular weight is 260 g/mol. The Balaban J connectivity index is 2.28. The summed E-state index contributed by atoms with van der Waals surface area (Å²) in [5, 5.41) is 14.2. The average Bonchev–Trinajstić information content (AvgIpc) is 3.02. The van der Waals surface area contributed by atoms with Crippen LogP contribution >= 0.6 is 11.8 Å². The summed E-state index contributed by atoms with van der Waals surface area (Å²) >= 11 is 1.57. The fourth-order valence-electron chi connectivity index (χ4n) is 1.74. The highest BCUT2D eigenvalue weighted by atomic mass is 32.2. The van der Waals surface area contributed by atoms with Crippen molar-refractivity contribution in [2.75, 3.05) is 12.0 Å². The summed E-state index contributed by atoms with van der Waals surface area (Å²) in [6.07, 6.45) is 4.42. The smallest absolute Gasteiger partial charge is 0.326 e. The van der Waals surface area contributed by atoms with Gasteiger partial charge in [0.2, 0.25) is 0 Å². The quantitative estimate of drug-likeness (QED) is 0.644. The number of hydrogen-bond acceptors (Lipinski definition) is 3. The largest absolute Gasteiger partial charge is 0.480 e. The van der Waals surface area contributed by atoms with Crippen LogP contribution in [0.4, 0.5) is 4.79 Å². The number of nitrogens with one attached hydrogen (secondary N) is 2. The van der Waals surface area contributed by atoms with Crippen LogP contribution in [0.3, 0.4) is 0 Å². The van der Waals surface area contributed by atoms with E-state index in [1.54, 1.807) is 11.8 Å². The van der Waals surface area contributed by atoms with Crippen molar-refractivity contribution < 1.29 is 14.7 Å². The van der Waals surface area contributed by atoms with Gasteiger partial charge >= 0.3 is 12.0 Å². The normalized spacial score (nSPS) is 23.9. The van der Waals surface area contributed by atoms with Gasteiger partial charge in [-0.2, -0.15) is 11.8 Å². The second-order valence-electron chi connectivity index (χ2n) is 4.30. The van der Waals surface area contributed by atoms with E-state index in [9.17, 15) is 9.59 Å². The number of carbonyl (C=O) groups is 2. The molecule has 1 saturated carbocycles. The fraction of sp³-hybridized carbons (Fsp3) is 0.818. The van der Waals surface area contributed by atoms with Crippen LogP contribution in [0.25, 0.3) is 0 Å². The van der Waals surface area contributed by atoms with Crippen LogP contribution in [0, 0.1) is 5.92 Å². The van der Waals surface area contributed by atoms with E-state index in [0.717, 1.165) is 18.6 Å². The van der Waals surface area contributed by atoms with E-state index in [4.69, 9.17) is 5.11 Å². The number of rotatable bonds is 7. The summed E-state index contributed by atoms with van der Waals surface area (Å²) < 4.78 is 0. The van der Waals surface area contributed by atoms with Gasteiger partial charge < -0.3 is 15.7 Å². The Morgan fingerprint density at radius 2 is 2.24 bits per heavy atom. The lowest BCUT2D eigenvalue weighted by Crippen LogP contribution is -2.47. The lowest BCUT2D eigenvalue weighted by molar-refractivity contribution is -0.139. The molecule has 1 aliphatic rings. The van der Waals surface area contributed by atoms with Gasteiger partial charge in [-0.25, -0.2) is 9.59 Å². The molecule has 0 bridgehead atoms. The summed E-state index contributed by atoms with van der Waals surface area (Å²) in [7, 11) is 0. The Bertz CT molecular complexity index is 286. The molecule has 98 valence electrons. The van der Waals surface area contributed by atoms with Gasteiger partial charge in [-0.05, 0) is 30.8 Å². The van der Waals surface area contributed by atoms with Crippen molar-refractivity contribution in [3.63, 3.8) is 0 Å². The molecule has 0 heterocycles. The Labute approximate surface area is 106 Å². The van der Waals surface area contributed by atoms with Gasteiger partial charge in [0, 0.05) is 6.04 Å². The third-order valence-electron chi connectivity index (χ3n) is 2.98. The summed E-state index contributed by atoms with van der Waals surface area (Å²) in [6.45, 7) is 2.09. The van der Waals surface area contributed by atoms with Crippen LogP contribution in [0.2, 0.25) is 0 Å². The molecule has 0 saturated heterocycles. The highest BCUT2D eigenvalue weighted by Crippen LogP contribution is 2.32. The van der Waals surface area contributed by atoms with E-state index in [-0.39, 0.29) is 12.1 Å². The van der Waals surface area contributed by atoms with E-state index in [1.165, 1.54) is 0 Å². The molecule has 0 aliphatic heterocycles. The summed E-state index contributed by atoms with van der Waals surface area (Å²) in [5.74, 6) is 0.311. The van der Waals surface area contributed by atoms with E-state index >= 15 is 0 Å². The van der Waals surface area contributed by atoms with Crippen molar-refractivity contribution in [2.45, 2.75) is 38.3 Å². The molecular weight excluding hydrogens is 240 g/mol. The standard InChI is InChI=1S/C11H20N2O3S/c1-3-7-6-9(7)13-11(16)12-8(10(14)15)4-5-17-2/h7-9H,3-6H2,1-2H3,(H,14,15)(H2,12,13,16). The molecule has 5 nitrogen and oxygen atoms in total. The predicted octanol–water partition coefficient (Wildman–Crippen LogP) is 1.29. The fourth-order valence-corrected chi connectivity index (χ4v) is 2.21. The van der Waals surface area contributed by atoms with Crippen LogP contribution in [-0.2, 0) is 4.79 Å². The van der Waals surface area contributed by atoms with Gasteiger partial charge in [0.05, 0.1) is 0 Å². The van der Waals surface area contributed by atoms with Crippen molar-refractivity contribution >= 4 is 23.8 Å². The molecule has 3 unspecified atom stereocenters. The topological polar surface area (TPSA) is 78.4 Å². The van der Waals surface area contributed by atoms with Crippen LogP contribution in [0.15, 0.2) is 0 Å². The highest BCUT2D eigenvalue weighted by Gasteiger charge is 2.36. The maximum Gasteiger partial charge on any atom is 0.326 e. The minimum absolute atomic E-state index is 0.231. The first-order valence-electron chi connectivity index (χ1n) is 5.87. The number of hydrogen-bond donors (Lipinski definition) is 3. The number of carbonyl (C=O) groups excluding carboxylic acids is 1. The van der Waals surface area contributed by atoms with Crippen molar-refractivity contribution in [1.29, 1.82) is 0 Å². The number of thioether (sulfide) groups is 1. The molecule has 6 heteroatoms. The van der Waals surface area contributed by atoms with Gasteiger partial charge in [0.25, 0.3) is 0 Å². The molecule has 0 radical (unpaired) electrons.